The summed E-state index contributed by atoms with van der Waals surface area (Å²) in [5.41, 5.74) is 3.78. The molecule has 1 unspecified atom stereocenters. The van der Waals surface area contributed by atoms with Gasteiger partial charge in [-0.15, -0.1) is 0 Å². The third kappa shape index (κ3) is 4.58. The van der Waals surface area contributed by atoms with E-state index in [0.29, 0.717) is 5.91 Å². The average Bonchev–Trinajstić information content (AvgIpc) is 3.52. The second kappa shape index (κ2) is 9.34. The Hall–Kier alpha value is -2.60. The summed E-state index contributed by atoms with van der Waals surface area (Å²) in [5, 5.41) is 4.06. The van der Waals surface area contributed by atoms with Crippen molar-refractivity contribution in [2.24, 2.45) is 11.3 Å². The van der Waals surface area contributed by atoms with Crippen LogP contribution in [-0.2, 0) is 22.4 Å². The number of fused-ring (bicyclic) bond motifs is 1. The van der Waals surface area contributed by atoms with Crippen molar-refractivity contribution < 1.29 is 14.3 Å². The summed E-state index contributed by atoms with van der Waals surface area (Å²) in [7, 11) is 1.71. The van der Waals surface area contributed by atoms with Crippen LogP contribution in [0.15, 0.2) is 41.1 Å². The summed E-state index contributed by atoms with van der Waals surface area (Å²) in [4.78, 5) is 30.1. The normalized spacial score (nSPS) is 22.0. The van der Waals surface area contributed by atoms with Crippen molar-refractivity contribution in [3.05, 3.63) is 57.8 Å². The third-order valence-corrected chi connectivity index (χ3v) is 8.56. The molecule has 0 saturated carbocycles. The molecule has 2 aromatic rings. The van der Waals surface area contributed by atoms with Crippen molar-refractivity contribution in [1.29, 1.82) is 0 Å². The van der Waals surface area contributed by atoms with Gasteiger partial charge in [-0.25, -0.2) is 0 Å². The number of likely N-dealkylation sites (tertiary alicyclic amines) is 2. The molecule has 0 radical (unpaired) electrons. The lowest BCUT2D eigenvalue weighted by molar-refractivity contribution is -0.136. The maximum atomic E-state index is 13.4. The highest BCUT2D eigenvalue weighted by Crippen LogP contribution is 2.42. The Morgan fingerprint density at radius 3 is 2.64 bits per heavy atom. The van der Waals surface area contributed by atoms with Crippen molar-refractivity contribution in [2.75, 3.05) is 33.3 Å². The summed E-state index contributed by atoms with van der Waals surface area (Å²) in [6, 6.07) is 8.22. The quantitative estimate of drug-likeness (QED) is 0.630. The lowest BCUT2D eigenvalue weighted by Crippen LogP contribution is -2.45. The highest BCUT2D eigenvalue weighted by atomic mass is 32.1. The molecule has 1 spiro atoms. The molecule has 1 atom stereocenters. The number of thiophene rings is 1. The summed E-state index contributed by atoms with van der Waals surface area (Å²) in [5.74, 6) is 1.36. The molecule has 1 aromatic heterocycles. The molecule has 0 bridgehead atoms. The fraction of sp³-hybridized carbons (Fsp3) is 0.481. The minimum atomic E-state index is 0.0489. The fourth-order valence-electron chi connectivity index (χ4n) is 5.79. The Bertz CT molecular complexity index is 1020. The zero-order valence-corrected chi connectivity index (χ0v) is 20.1. The molecule has 1 aromatic carbocycles. The van der Waals surface area contributed by atoms with Crippen LogP contribution in [0, 0.1) is 11.3 Å². The minimum Gasteiger partial charge on any atom is -0.496 e. The monoisotopic (exact) mass is 464 g/mol. The van der Waals surface area contributed by atoms with Crippen LogP contribution in [0.5, 0.6) is 5.75 Å². The molecule has 6 heteroatoms. The number of carbonyl (C=O) groups excluding carboxylic acids is 2. The van der Waals surface area contributed by atoms with Gasteiger partial charge in [0.2, 0.25) is 11.8 Å². The first-order valence-electron chi connectivity index (χ1n) is 12.0. The van der Waals surface area contributed by atoms with Crippen LogP contribution in [0.25, 0.3) is 6.08 Å². The first-order chi connectivity index (χ1) is 16.1. The van der Waals surface area contributed by atoms with Gasteiger partial charge in [0.25, 0.3) is 0 Å². The van der Waals surface area contributed by atoms with E-state index in [0.717, 1.165) is 76.0 Å². The average molecular weight is 465 g/mol. The van der Waals surface area contributed by atoms with E-state index in [4.69, 9.17) is 4.74 Å². The van der Waals surface area contributed by atoms with E-state index >= 15 is 0 Å². The van der Waals surface area contributed by atoms with Crippen LogP contribution >= 0.6 is 11.3 Å². The molecule has 2 aliphatic heterocycles. The molecule has 5 nitrogen and oxygen atoms in total. The van der Waals surface area contributed by atoms with Crippen LogP contribution in [0.3, 0.4) is 0 Å². The standard InChI is InChI=1S/C27H32N2O3S/c1-32-24-4-2-3-21-6-7-22(17-23(21)24)26(31)29-15-12-27(19-29)10-13-28(14-11-27)25(30)8-5-20-9-16-33-18-20/h2-5,8-9,16,18,22H,6-7,10-15,17,19H2,1H3. The van der Waals surface area contributed by atoms with Crippen LogP contribution in [0.1, 0.15) is 42.4 Å². The lowest BCUT2D eigenvalue weighted by atomic mass is 9.77. The van der Waals surface area contributed by atoms with Crippen LogP contribution in [-0.4, -0.2) is 54.9 Å². The molecule has 2 saturated heterocycles. The summed E-state index contributed by atoms with van der Waals surface area (Å²) in [6.07, 6.45) is 9.25. The predicted octanol–water partition coefficient (Wildman–Crippen LogP) is 4.42. The van der Waals surface area contributed by atoms with Gasteiger partial charge in [0.1, 0.15) is 5.75 Å². The smallest absolute Gasteiger partial charge is 0.246 e. The van der Waals surface area contributed by atoms with Crippen LogP contribution in [0.4, 0.5) is 0 Å². The predicted molar refractivity (Wildman–Crippen MR) is 131 cm³/mol. The van der Waals surface area contributed by atoms with Gasteiger partial charge in [-0.05, 0) is 89.6 Å². The van der Waals surface area contributed by atoms with Gasteiger partial charge in [-0.1, -0.05) is 12.1 Å². The Morgan fingerprint density at radius 1 is 1.12 bits per heavy atom. The topological polar surface area (TPSA) is 49.9 Å². The van der Waals surface area contributed by atoms with Gasteiger partial charge < -0.3 is 14.5 Å². The van der Waals surface area contributed by atoms with E-state index in [-0.39, 0.29) is 17.2 Å². The number of hydrogen-bond acceptors (Lipinski definition) is 4. The second-order valence-electron chi connectivity index (χ2n) is 9.76. The van der Waals surface area contributed by atoms with Gasteiger partial charge >= 0.3 is 0 Å². The van der Waals surface area contributed by atoms with E-state index in [1.165, 1.54) is 11.1 Å². The first kappa shape index (κ1) is 22.2. The SMILES string of the molecule is COc1cccc2c1CC(C(=O)N1CCC3(CCN(C(=O)C=Cc4ccsc4)CC3)C1)CC2. The van der Waals surface area contributed by atoms with E-state index in [1.807, 2.05) is 39.9 Å². The largest absolute Gasteiger partial charge is 0.496 e. The highest BCUT2D eigenvalue weighted by molar-refractivity contribution is 7.08. The van der Waals surface area contributed by atoms with E-state index in [1.54, 1.807) is 24.5 Å². The third-order valence-electron chi connectivity index (χ3n) is 7.86. The number of carbonyl (C=O) groups is 2. The van der Waals surface area contributed by atoms with E-state index in [9.17, 15) is 9.59 Å². The molecule has 1 aliphatic carbocycles. The van der Waals surface area contributed by atoms with Crippen molar-refractivity contribution in [1.82, 2.24) is 9.80 Å². The number of benzene rings is 1. The Kier molecular flexibility index (Phi) is 6.28. The fourth-order valence-corrected chi connectivity index (χ4v) is 6.42. The molecular formula is C27H32N2O3S. The zero-order chi connectivity index (χ0) is 22.8. The number of methoxy groups -OCH3 is 1. The zero-order valence-electron chi connectivity index (χ0n) is 19.3. The van der Waals surface area contributed by atoms with E-state index in [2.05, 4.69) is 11.0 Å². The molecule has 2 fully saturated rings. The Balaban J connectivity index is 1.16. The molecule has 0 N–H and O–H groups in total. The van der Waals surface area contributed by atoms with Crippen LogP contribution in [0.2, 0.25) is 0 Å². The molecule has 3 heterocycles. The number of nitrogens with zero attached hydrogens (tertiary/aromatic N) is 2. The summed E-state index contributed by atoms with van der Waals surface area (Å²) < 4.78 is 5.56. The second-order valence-corrected chi connectivity index (χ2v) is 10.5. The molecule has 174 valence electrons. The number of aryl methyl sites for hydroxylation is 1. The summed E-state index contributed by atoms with van der Waals surface area (Å²) >= 11 is 1.64. The van der Waals surface area contributed by atoms with Crippen molar-refractivity contribution in [3.63, 3.8) is 0 Å². The van der Waals surface area contributed by atoms with Crippen molar-refractivity contribution in [3.8, 4) is 5.75 Å². The van der Waals surface area contributed by atoms with Crippen LogP contribution < -0.4 is 4.74 Å². The molecule has 3 aliphatic rings. The molecular weight excluding hydrogens is 432 g/mol. The lowest BCUT2D eigenvalue weighted by Gasteiger charge is -2.39. The molecule has 2 amide bonds. The van der Waals surface area contributed by atoms with E-state index < -0.39 is 0 Å². The van der Waals surface area contributed by atoms with Gasteiger partial charge in [-0.2, -0.15) is 11.3 Å². The van der Waals surface area contributed by atoms with Crippen molar-refractivity contribution in [2.45, 2.75) is 38.5 Å². The number of ether oxygens (including phenoxy) is 1. The van der Waals surface area contributed by atoms with Gasteiger partial charge in [-0.3, -0.25) is 9.59 Å². The summed E-state index contributed by atoms with van der Waals surface area (Å²) in [6.45, 7) is 3.25. The Morgan fingerprint density at radius 2 is 1.91 bits per heavy atom. The van der Waals surface area contributed by atoms with Crippen molar-refractivity contribution >= 4 is 29.2 Å². The maximum Gasteiger partial charge on any atom is 0.246 e. The number of amides is 2. The van der Waals surface area contributed by atoms with Gasteiger partial charge in [0.15, 0.2) is 0 Å². The Labute approximate surface area is 200 Å². The highest BCUT2D eigenvalue weighted by Gasteiger charge is 2.44. The number of piperidine rings is 1. The maximum absolute atomic E-state index is 13.4. The first-order valence-corrected chi connectivity index (χ1v) is 12.9. The van der Waals surface area contributed by atoms with Gasteiger partial charge in [0.05, 0.1) is 7.11 Å². The molecule has 33 heavy (non-hydrogen) atoms. The van der Waals surface area contributed by atoms with Gasteiger partial charge in [0, 0.05) is 38.2 Å². The number of hydrogen-bond donors (Lipinski definition) is 0. The minimum absolute atomic E-state index is 0.0489. The number of rotatable bonds is 4. The molecule has 5 rings (SSSR count).